The average molecular weight is 724 g/mol. The SMILES string of the molecule is COC1CC(C(=O)NS2(=O)=NC(=O)c3ccc4c(c3)N(CC3CCC3C(OC)/C=C/CC(C)C2C)CC2(CCCc3cc(Cl)ccc32)CO4)C1. The number of amides is 2. The molecule has 2 bridgehead atoms. The molecule has 2 aromatic carbocycles. The van der Waals surface area contributed by atoms with Crippen molar-refractivity contribution in [3.8, 4) is 5.75 Å². The Morgan fingerprint density at radius 2 is 1.94 bits per heavy atom. The predicted molar refractivity (Wildman–Crippen MR) is 196 cm³/mol. The summed E-state index contributed by atoms with van der Waals surface area (Å²) in [6, 6.07) is 11.7. The van der Waals surface area contributed by atoms with E-state index in [-0.39, 0.29) is 35.4 Å². The molecule has 2 aromatic rings. The fourth-order valence-corrected chi connectivity index (χ4v) is 10.8. The summed E-state index contributed by atoms with van der Waals surface area (Å²) in [5, 5.41) is 0.152. The van der Waals surface area contributed by atoms with Gasteiger partial charge < -0.3 is 19.1 Å². The number of benzene rings is 2. The van der Waals surface area contributed by atoms with Crippen molar-refractivity contribution >= 4 is 39.0 Å². The summed E-state index contributed by atoms with van der Waals surface area (Å²) in [6.07, 6.45) is 11.1. The first-order chi connectivity index (χ1) is 24.0. The van der Waals surface area contributed by atoms with Gasteiger partial charge in [0.15, 0.2) is 0 Å². The van der Waals surface area contributed by atoms with Crippen LogP contribution in [0.5, 0.6) is 5.75 Å². The van der Waals surface area contributed by atoms with E-state index in [0.717, 1.165) is 55.9 Å². The van der Waals surface area contributed by atoms with Gasteiger partial charge in [-0.2, -0.15) is 0 Å². The zero-order chi connectivity index (χ0) is 35.2. The summed E-state index contributed by atoms with van der Waals surface area (Å²) in [5.74, 6) is 0.0450. The van der Waals surface area contributed by atoms with Crippen LogP contribution in [-0.2, 0) is 36.0 Å². The molecule has 9 nitrogen and oxygen atoms in total. The first-order valence-corrected chi connectivity index (χ1v) is 20.1. The number of nitrogens with one attached hydrogen (secondary N) is 1. The lowest BCUT2D eigenvalue weighted by molar-refractivity contribution is -0.130. The van der Waals surface area contributed by atoms with Crippen molar-refractivity contribution in [3.05, 3.63) is 70.3 Å². The third-order valence-electron chi connectivity index (χ3n) is 12.3. The molecule has 1 spiro atoms. The molecule has 5 aliphatic rings. The fraction of sp³-hybridized carbons (Fsp3) is 0.590. The van der Waals surface area contributed by atoms with Crippen LogP contribution < -0.4 is 14.4 Å². The van der Waals surface area contributed by atoms with Gasteiger partial charge in [-0.1, -0.05) is 36.7 Å². The minimum absolute atomic E-state index is 0.00758. The number of hydrogen-bond acceptors (Lipinski definition) is 7. The maximum absolute atomic E-state index is 14.7. The van der Waals surface area contributed by atoms with Gasteiger partial charge in [0.05, 0.1) is 29.8 Å². The van der Waals surface area contributed by atoms with Crippen molar-refractivity contribution in [1.29, 1.82) is 0 Å². The highest BCUT2D eigenvalue weighted by Gasteiger charge is 2.45. The zero-order valence-corrected chi connectivity index (χ0v) is 31.1. The van der Waals surface area contributed by atoms with Crippen LogP contribution in [0.3, 0.4) is 0 Å². The van der Waals surface area contributed by atoms with E-state index < -0.39 is 21.1 Å². The first kappa shape index (κ1) is 35.5. The molecule has 3 aliphatic carbocycles. The molecular formula is C39H50ClN3O6S. The zero-order valence-electron chi connectivity index (χ0n) is 29.6. The molecule has 7 atom stereocenters. The third-order valence-corrected chi connectivity index (χ3v) is 15.0. The molecule has 50 heavy (non-hydrogen) atoms. The van der Waals surface area contributed by atoms with Crippen LogP contribution in [-0.4, -0.2) is 67.4 Å². The van der Waals surface area contributed by atoms with Gasteiger partial charge in [-0.25, -0.2) is 4.21 Å². The van der Waals surface area contributed by atoms with Gasteiger partial charge in [0.1, 0.15) is 15.7 Å². The highest BCUT2D eigenvalue weighted by atomic mass is 35.5. The highest BCUT2D eigenvalue weighted by molar-refractivity contribution is 7.93. The van der Waals surface area contributed by atoms with Crippen molar-refractivity contribution in [2.75, 3.05) is 38.8 Å². The molecule has 2 amide bonds. The van der Waals surface area contributed by atoms with Gasteiger partial charge in [-0.3, -0.25) is 14.3 Å². The number of fused-ring (bicyclic) bond motifs is 4. The number of rotatable bonds is 4. The second-order valence-corrected chi connectivity index (χ2v) is 18.0. The van der Waals surface area contributed by atoms with Crippen molar-refractivity contribution < 1.29 is 28.0 Å². The predicted octanol–water partition coefficient (Wildman–Crippen LogP) is 6.90. The van der Waals surface area contributed by atoms with Crippen LogP contribution in [0.25, 0.3) is 0 Å². The smallest absolute Gasteiger partial charge is 0.286 e. The molecule has 0 aromatic heterocycles. The molecule has 7 unspecified atom stereocenters. The summed E-state index contributed by atoms with van der Waals surface area (Å²) < 4.78 is 40.0. The normalized spacial score (nSPS) is 36.0. The summed E-state index contributed by atoms with van der Waals surface area (Å²) >= 11 is 6.46. The number of methoxy groups -OCH3 is 2. The van der Waals surface area contributed by atoms with Gasteiger partial charge >= 0.3 is 0 Å². The second-order valence-electron chi connectivity index (χ2n) is 15.3. The topological polar surface area (TPSA) is 107 Å². The molecule has 7 rings (SSSR count). The molecule has 0 radical (unpaired) electrons. The van der Waals surface area contributed by atoms with Crippen molar-refractivity contribution in [3.63, 3.8) is 0 Å². The first-order valence-electron chi connectivity index (χ1n) is 18.2. The lowest BCUT2D eigenvalue weighted by Gasteiger charge is -2.46. The minimum Gasteiger partial charge on any atom is -0.490 e. The molecule has 0 saturated heterocycles. The Bertz CT molecular complexity index is 1780. The number of ether oxygens (including phenoxy) is 3. The van der Waals surface area contributed by atoms with Crippen molar-refractivity contribution in [1.82, 2.24) is 4.72 Å². The van der Waals surface area contributed by atoms with E-state index in [4.69, 9.17) is 25.8 Å². The number of aryl methyl sites for hydroxylation is 1. The number of hydrogen-bond donors (Lipinski definition) is 1. The van der Waals surface area contributed by atoms with Crippen LogP contribution in [0.4, 0.5) is 5.69 Å². The van der Waals surface area contributed by atoms with E-state index in [1.807, 2.05) is 32.0 Å². The van der Waals surface area contributed by atoms with Gasteiger partial charge in [-0.05, 0) is 118 Å². The van der Waals surface area contributed by atoms with Crippen LogP contribution in [0.15, 0.2) is 52.9 Å². The number of nitrogens with zero attached hydrogens (tertiary/aromatic N) is 2. The van der Waals surface area contributed by atoms with Gasteiger partial charge in [-0.15, -0.1) is 4.36 Å². The van der Waals surface area contributed by atoms with E-state index in [2.05, 4.69) is 38.3 Å². The van der Waals surface area contributed by atoms with E-state index in [1.165, 1.54) is 11.1 Å². The molecular weight excluding hydrogens is 674 g/mol. The quantitative estimate of drug-likeness (QED) is 0.342. The monoisotopic (exact) mass is 723 g/mol. The number of allylic oxidation sites excluding steroid dienone is 1. The lowest BCUT2D eigenvalue weighted by Crippen LogP contribution is -2.49. The molecule has 2 saturated carbocycles. The Kier molecular flexibility index (Phi) is 10.1. The molecule has 2 aliphatic heterocycles. The maximum Gasteiger partial charge on any atom is 0.286 e. The Balaban J connectivity index is 1.30. The van der Waals surface area contributed by atoms with Gasteiger partial charge in [0, 0.05) is 49.2 Å². The third kappa shape index (κ3) is 6.73. The number of halogens is 1. The van der Waals surface area contributed by atoms with Crippen LogP contribution >= 0.6 is 11.6 Å². The average Bonchev–Trinajstić information content (AvgIpc) is 3.21. The molecule has 11 heteroatoms. The molecule has 2 fully saturated rings. The summed E-state index contributed by atoms with van der Waals surface area (Å²) in [4.78, 5) is 29.8. The van der Waals surface area contributed by atoms with E-state index in [0.29, 0.717) is 49.0 Å². The standard InChI is InChI=1S/C39H50ClN3O6S/c1-24-7-5-9-35(48-4)32-13-10-28(32)21-43-22-39(16-6-8-26-17-30(40)12-14-33(26)39)23-49-36-15-11-27(20-34(36)43)37(44)41-50(46,25(24)2)42-38(45)29-18-31(19-29)47-3/h5,9,11-12,14-15,17,20,24-25,28-29,31-32,35H,6-8,10,13,16,18-19,21-23H2,1-4H3,(H,41,42,44,45,46)/b9-5+. The number of carbonyl (C=O) groups is 2. The van der Waals surface area contributed by atoms with E-state index in [9.17, 15) is 13.8 Å². The highest BCUT2D eigenvalue weighted by Crippen LogP contribution is 2.47. The number of anilines is 1. The van der Waals surface area contributed by atoms with E-state index >= 15 is 0 Å². The largest absolute Gasteiger partial charge is 0.490 e. The second kappa shape index (κ2) is 14.2. The van der Waals surface area contributed by atoms with Crippen LogP contribution in [0.1, 0.15) is 80.3 Å². The summed E-state index contributed by atoms with van der Waals surface area (Å²) in [7, 11) is -0.101. The Morgan fingerprint density at radius 1 is 1.12 bits per heavy atom. The molecule has 270 valence electrons. The maximum atomic E-state index is 14.7. The van der Waals surface area contributed by atoms with Crippen molar-refractivity contribution in [2.24, 2.45) is 28.0 Å². The minimum atomic E-state index is -3.50. The van der Waals surface area contributed by atoms with Crippen molar-refractivity contribution in [2.45, 2.75) is 88.1 Å². The van der Waals surface area contributed by atoms with E-state index in [1.54, 1.807) is 20.3 Å². The fourth-order valence-electron chi connectivity index (χ4n) is 8.69. The summed E-state index contributed by atoms with van der Waals surface area (Å²) in [6.45, 7) is 5.84. The summed E-state index contributed by atoms with van der Waals surface area (Å²) in [5.41, 5.74) is 3.46. The molecule has 2 heterocycles. The Labute approximate surface area is 301 Å². The lowest BCUT2D eigenvalue weighted by atomic mass is 9.68. The van der Waals surface area contributed by atoms with Gasteiger partial charge in [0.25, 0.3) is 5.91 Å². The Hall–Kier alpha value is -2.92. The number of carbonyl (C=O) groups excluding carboxylic acids is 2. The van der Waals surface area contributed by atoms with Crippen LogP contribution in [0, 0.1) is 23.7 Å². The Morgan fingerprint density at radius 3 is 2.68 bits per heavy atom. The van der Waals surface area contributed by atoms with Gasteiger partial charge in [0.2, 0.25) is 5.91 Å². The van der Waals surface area contributed by atoms with Crippen LogP contribution in [0.2, 0.25) is 5.02 Å². The molecule has 1 N–H and O–H groups in total.